The van der Waals surface area contributed by atoms with Crippen LogP contribution in [0.3, 0.4) is 0 Å². The zero-order valence-electron chi connectivity index (χ0n) is 11.8. The zero-order chi connectivity index (χ0) is 14.5. The highest BCUT2D eigenvalue weighted by molar-refractivity contribution is 5.33. The number of hydrogen-bond acceptors (Lipinski definition) is 2. The minimum atomic E-state index is -0.484. The van der Waals surface area contributed by atoms with Crippen molar-refractivity contribution in [3.63, 3.8) is 0 Å². The third kappa shape index (κ3) is 3.17. The molecule has 2 N–H and O–H groups in total. The molecular weight excluding hydrogens is 253 g/mol. The molecule has 2 rings (SSSR count). The summed E-state index contributed by atoms with van der Waals surface area (Å²) in [5, 5.41) is 0. The van der Waals surface area contributed by atoms with Gasteiger partial charge in [-0.25, -0.2) is 4.39 Å². The maximum Gasteiger partial charge on any atom is 0.142 e. The summed E-state index contributed by atoms with van der Waals surface area (Å²) in [7, 11) is 0. The minimum absolute atomic E-state index is 0.258. The van der Waals surface area contributed by atoms with Gasteiger partial charge in [0.25, 0.3) is 0 Å². The van der Waals surface area contributed by atoms with Crippen molar-refractivity contribution in [2.24, 2.45) is 5.73 Å². The molecule has 0 fully saturated rings. The predicted molar refractivity (Wildman–Crippen MR) is 79.2 cm³/mol. The average Bonchev–Trinajstić information content (AvgIpc) is 2.47. The fourth-order valence-electron chi connectivity index (χ4n) is 2.13. The van der Waals surface area contributed by atoms with Crippen molar-refractivity contribution < 1.29 is 9.13 Å². The summed E-state index contributed by atoms with van der Waals surface area (Å²) in [6, 6.07) is 14.1. The summed E-state index contributed by atoms with van der Waals surface area (Å²) in [6.07, 6.45) is 0.229. The Kier molecular flexibility index (Phi) is 4.74. The smallest absolute Gasteiger partial charge is 0.142 e. The summed E-state index contributed by atoms with van der Waals surface area (Å²) in [4.78, 5) is 0. The first kappa shape index (κ1) is 14.5. The van der Waals surface area contributed by atoms with Crippen molar-refractivity contribution in [3.05, 3.63) is 65.5 Å². The Morgan fingerprint density at radius 1 is 1.10 bits per heavy atom. The average molecular weight is 273 g/mol. The number of aryl methyl sites for hydroxylation is 1. The number of nitrogens with two attached hydrogens (primary N) is 1. The highest BCUT2D eigenvalue weighted by Gasteiger charge is 2.23. The van der Waals surface area contributed by atoms with Crippen LogP contribution in [-0.4, -0.2) is 6.04 Å². The van der Waals surface area contributed by atoms with Crippen LogP contribution < -0.4 is 10.5 Å². The van der Waals surface area contributed by atoms with E-state index in [4.69, 9.17) is 10.5 Å². The van der Waals surface area contributed by atoms with E-state index in [1.807, 2.05) is 38.1 Å². The topological polar surface area (TPSA) is 35.2 Å². The van der Waals surface area contributed by atoms with Crippen LogP contribution in [0.1, 0.15) is 30.6 Å². The van der Waals surface area contributed by atoms with Gasteiger partial charge in [-0.05, 0) is 31.0 Å². The standard InChI is InChI=1S/C17H20FNO/c1-3-15(19)17(13-9-5-6-10-14(13)18)20-16-11-7-4-8-12(16)2/h4-11,15,17H,3,19H2,1-2H3. The zero-order valence-corrected chi connectivity index (χ0v) is 11.8. The SMILES string of the molecule is CCC(N)C(Oc1ccccc1C)c1ccccc1F. The first-order chi connectivity index (χ1) is 9.63. The normalized spacial score (nSPS) is 13.8. The second kappa shape index (κ2) is 6.53. The largest absolute Gasteiger partial charge is 0.484 e. The van der Waals surface area contributed by atoms with Gasteiger partial charge in [0.1, 0.15) is 17.7 Å². The van der Waals surface area contributed by atoms with Gasteiger partial charge in [0.2, 0.25) is 0 Å². The summed E-state index contributed by atoms with van der Waals surface area (Å²) in [5.41, 5.74) is 7.64. The maximum absolute atomic E-state index is 14.0. The van der Waals surface area contributed by atoms with E-state index in [-0.39, 0.29) is 11.9 Å². The van der Waals surface area contributed by atoms with Gasteiger partial charge in [-0.2, -0.15) is 0 Å². The van der Waals surface area contributed by atoms with Crippen molar-refractivity contribution in [2.75, 3.05) is 0 Å². The van der Waals surface area contributed by atoms with Crippen LogP contribution in [0.5, 0.6) is 5.75 Å². The maximum atomic E-state index is 14.0. The number of para-hydroxylation sites is 1. The predicted octanol–water partition coefficient (Wildman–Crippen LogP) is 3.99. The highest BCUT2D eigenvalue weighted by Crippen LogP contribution is 2.29. The lowest BCUT2D eigenvalue weighted by Crippen LogP contribution is -2.32. The van der Waals surface area contributed by atoms with Gasteiger partial charge < -0.3 is 10.5 Å². The Balaban J connectivity index is 2.35. The molecule has 0 aromatic heterocycles. The lowest BCUT2D eigenvalue weighted by molar-refractivity contribution is 0.165. The summed E-state index contributed by atoms with van der Waals surface area (Å²) in [6.45, 7) is 3.94. The van der Waals surface area contributed by atoms with Crippen molar-refractivity contribution in [1.82, 2.24) is 0 Å². The van der Waals surface area contributed by atoms with Gasteiger partial charge in [0, 0.05) is 11.6 Å². The number of halogens is 1. The number of ether oxygens (including phenoxy) is 1. The minimum Gasteiger partial charge on any atom is -0.484 e. The van der Waals surface area contributed by atoms with E-state index < -0.39 is 6.10 Å². The summed E-state index contributed by atoms with van der Waals surface area (Å²) >= 11 is 0. The van der Waals surface area contributed by atoms with Gasteiger partial charge in [0.05, 0.1) is 0 Å². The van der Waals surface area contributed by atoms with Crippen LogP contribution >= 0.6 is 0 Å². The number of benzene rings is 2. The quantitative estimate of drug-likeness (QED) is 0.894. The van der Waals surface area contributed by atoms with Gasteiger partial charge >= 0.3 is 0 Å². The second-order valence-corrected chi connectivity index (χ2v) is 4.90. The molecule has 0 radical (unpaired) electrons. The van der Waals surface area contributed by atoms with E-state index in [0.717, 1.165) is 11.3 Å². The van der Waals surface area contributed by atoms with Gasteiger partial charge in [-0.3, -0.25) is 0 Å². The fourth-order valence-corrected chi connectivity index (χ4v) is 2.13. The van der Waals surface area contributed by atoms with E-state index in [0.29, 0.717) is 12.0 Å². The van der Waals surface area contributed by atoms with Crippen molar-refractivity contribution in [3.8, 4) is 5.75 Å². The molecule has 0 amide bonds. The first-order valence-electron chi connectivity index (χ1n) is 6.85. The Hall–Kier alpha value is -1.87. The molecule has 2 aromatic carbocycles. The third-order valence-corrected chi connectivity index (χ3v) is 3.42. The van der Waals surface area contributed by atoms with Crippen molar-refractivity contribution in [1.29, 1.82) is 0 Å². The van der Waals surface area contributed by atoms with E-state index in [2.05, 4.69) is 0 Å². The fraction of sp³-hybridized carbons (Fsp3) is 0.294. The molecule has 3 heteroatoms. The Bertz CT molecular complexity index is 570. The van der Waals surface area contributed by atoms with Gasteiger partial charge in [-0.15, -0.1) is 0 Å². The summed E-state index contributed by atoms with van der Waals surface area (Å²) in [5.74, 6) is 0.458. The van der Waals surface area contributed by atoms with Crippen LogP contribution in [0.15, 0.2) is 48.5 Å². The molecule has 0 aliphatic heterocycles. The van der Waals surface area contributed by atoms with Gasteiger partial charge in [0.15, 0.2) is 0 Å². The first-order valence-corrected chi connectivity index (χ1v) is 6.85. The molecule has 0 saturated heterocycles. The molecule has 20 heavy (non-hydrogen) atoms. The summed E-state index contributed by atoms with van der Waals surface area (Å²) < 4.78 is 20.0. The molecule has 0 heterocycles. The molecule has 0 bridgehead atoms. The molecular formula is C17H20FNO. The Morgan fingerprint density at radius 2 is 1.75 bits per heavy atom. The number of hydrogen-bond donors (Lipinski definition) is 1. The van der Waals surface area contributed by atoms with Crippen molar-refractivity contribution in [2.45, 2.75) is 32.4 Å². The third-order valence-electron chi connectivity index (χ3n) is 3.42. The lowest BCUT2D eigenvalue weighted by Gasteiger charge is -2.26. The highest BCUT2D eigenvalue weighted by atomic mass is 19.1. The van der Waals surface area contributed by atoms with Crippen LogP contribution in [0.4, 0.5) is 4.39 Å². The molecule has 0 aliphatic rings. The van der Waals surface area contributed by atoms with Crippen LogP contribution in [-0.2, 0) is 0 Å². The van der Waals surface area contributed by atoms with Gasteiger partial charge in [-0.1, -0.05) is 43.3 Å². The molecule has 0 spiro atoms. The van der Waals surface area contributed by atoms with Crippen LogP contribution in [0, 0.1) is 12.7 Å². The second-order valence-electron chi connectivity index (χ2n) is 4.90. The molecule has 106 valence electrons. The molecule has 2 atom stereocenters. The molecule has 0 saturated carbocycles. The van der Waals surface area contributed by atoms with E-state index >= 15 is 0 Å². The molecule has 2 nitrogen and oxygen atoms in total. The number of rotatable bonds is 5. The van der Waals surface area contributed by atoms with E-state index in [1.165, 1.54) is 6.07 Å². The monoisotopic (exact) mass is 273 g/mol. The van der Waals surface area contributed by atoms with E-state index in [9.17, 15) is 4.39 Å². The molecule has 0 aliphatic carbocycles. The Labute approximate surface area is 119 Å². The molecule has 2 aromatic rings. The van der Waals surface area contributed by atoms with Crippen LogP contribution in [0.2, 0.25) is 0 Å². The Morgan fingerprint density at radius 3 is 2.40 bits per heavy atom. The lowest BCUT2D eigenvalue weighted by atomic mass is 10.00. The van der Waals surface area contributed by atoms with E-state index in [1.54, 1.807) is 18.2 Å². The molecule has 2 unspecified atom stereocenters. The van der Waals surface area contributed by atoms with Crippen LogP contribution in [0.25, 0.3) is 0 Å². The van der Waals surface area contributed by atoms with Crippen molar-refractivity contribution >= 4 is 0 Å².